The highest BCUT2D eigenvalue weighted by molar-refractivity contribution is 5.46. The minimum atomic E-state index is 0.0250. The highest BCUT2D eigenvalue weighted by Crippen LogP contribution is 2.43. The first-order chi connectivity index (χ1) is 15.8. The summed E-state index contributed by atoms with van der Waals surface area (Å²) in [5.41, 5.74) is 5.87. The SMILES string of the molecule is c1ccc(CN2Cc3ccccc3C(CCCN3CCOCC3)(c3ccccc3)C2)cc1. The third-order valence-corrected chi connectivity index (χ3v) is 7.18. The predicted molar refractivity (Wildman–Crippen MR) is 131 cm³/mol. The third kappa shape index (κ3) is 4.66. The van der Waals surface area contributed by atoms with Crippen LogP contribution in [0.25, 0.3) is 0 Å². The van der Waals surface area contributed by atoms with E-state index < -0.39 is 0 Å². The van der Waals surface area contributed by atoms with Crippen molar-refractivity contribution in [1.29, 1.82) is 0 Å². The molecule has 32 heavy (non-hydrogen) atoms. The van der Waals surface area contributed by atoms with Crippen LogP contribution in [0.1, 0.15) is 35.1 Å². The predicted octanol–water partition coefficient (Wildman–Crippen LogP) is 5.10. The molecule has 1 fully saturated rings. The van der Waals surface area contributed by atoms with Crippen molar-refractivity contribution in [2.75, 3.05) is 39.4 Å². The zero-order valence-electron chi connectivity index (χ0n) is 19.0. The lowest BCUT2D eigenvalue weighted by molar-refractivity contribution is 0.0361. The van der Waals surface area contributed by atoms with Crippen molar-refractivity contribution < 1.29 is 4.74 Å². The Kier molecular flexibility index (Phi) is 6.68. The molecule has 0 radical (unpaired) electrons. The average Bonchev–Trinajstić information content (AvgIpc) is 2.86. The Balaban J connectivity index is 1.46. The van der Waals surface area contributed by atoms with Crippen LogP contribution in [0.4, 0.5) is 0 Å². The topological polar surface area (TPSA) is 15.7 Å². The fraction of sp³-hybridized carbons (Fsp3) is 0.379. The molecule has 2 aliphatic rings. The van der Waals surface area contributed by atoms with Crippen LogP contribution in [-0.4, -0.2) is 49.2 Å². The van der Waals surface area contributed by atoms with E-state index in [1.165, 1.54) is 28.7 Å². The summed E-state index contributed by atoms with van der Waals surface area (Å²) in [6.45, 7) is 8.10. The van der Waals surface area contributed by atoms with E-state index in [-0.39, 0.29) is 5.41 Å². The Morgan fingerprint density at radius 2 is 1.44 bits per heavy atom. The van der Waals surface area contributed by atoms with Gasteiger partial charge < -0.3 is 4.74 Å². The van der Waals surface area contributed by atoms with Gasteiger partial charge in [0.05, 0.1) is 13.2 Å². The van der Waals surface area contributed by atoms with Gasteiger partial charge >= 0.3 is 0 Å². The van der Waals surface area contributed by atoms with Crippen molar-refractivity contribution in [3.8, 4) is 0 Å². The summed E-state index contributed by atoms with van der Waals surface area (Å²) in [6.07, 6.45) is 2.36. The van der Waals surface area contributed by atoms with Crippen LogP contribution in [0.15, 0.2) is 84.9 Å². The molecule has 0 aromatic heterocycles. The minimum absolute atomic E-state index is 0.0250. The molecule has 0 amide bonds. The number of rotatable bonds is 7. The molecule has 3 heteroatoms. The molecule has 0 aliphatic carbocycles. The number of hydrogen-bond acceptors (Lipinski definition) is 3. The molecule has 0 bridgehead atoms. The second-order valence-corrected chi connectivity index (χ2v) is 9.29. The highest BCUT2D eigenvalue weighted by atomic mass is 16.5. The summed E-state index contributed by atoms with van der Waals surface area (Å²) in [7, 11) is 0. The van der Waals surface area contributed by atoms with Gasteiger partial charge in [0.2, 0.25) is 0 Å². The van der Waals surface area contributed by atoms with Crippen molar-refractivity contribution in [3.05, 3.63) is 107 Å². The van der Waals surface area contributed by atoms with Gasteiger partial charge in [-0.1, -0.05) is 84.9 Å². The number of fused-ring (bicyclic) bond motifs is 1. The summed E-state index contributed by atoms with van der Waals surface area (Å²) in [6, 6.07) is 31.3. The van der Waals surface area contributed by atoms with Gasteiger partial charge in [0.15, 0.2) is 0 Å². The van der Waals surface area contributed by atoms with Gasteiger partial charge in [-0.25, -0.2) is 0 Å². The fourth-order valence-corrected chi connectivity index (χ4v) is 5.63. The van der Waals surface area contributed by atoms with E-state index in [1.807, 2.05) is 0 Å². The first kappa shape index (κ1) is 21.4. The first-order valence-electron chi connectivity index (χ1n) is 12.0. The Morgan fingerprint density at radius 3 is 2.22 bits per heavy atom. The normalized spacial score (nSPS) is 21.9. The van der Waals surface area contributed by atoms with Gasteiger partial charge in [0.1, 0.15) is 0 Å². The molecule has 1 unspecified atom stereocenters. The van der Waals surface area contributed by atoms with Crippen LogP contribution in [-0.2, 0) is 23.2 Å². The van der Waals surface area contributed by atoms with Gasteiger partial charge in [-0.05, 0) is 41.6 Å². The minimum Gasteiger partial charge on any atom is -0.379 e. The van der Waals surface area contributed by atoms with E-state index in [0.717, 1.165) is 58.9 Å². The van der Waals surface area contributed by atoms with Gasteiger partial charge in [-0.2, -0.15) is 0 Å². The summed E-state index contributed by atoms with van der Waals surface area (Å²) in [4.78, 5) is 5.22. The fourth-order valence-electron chi connectivity index (χ4n) is 5.63. The molecule has 166 valence electrons. The second-order valence-electron chi connectivity index (χ2n) is 9.29. The molecule has 3 nitrogen and oxygen atoms in total. The lowest BCUT2D eigenvalue weighted by Gasteiger charge is -2.45. The summed E-state index contributed by atoms with van der Waals surface area (Å²) >= 11 is 0. The second kappa shape index (κ2) is 9.99. The number of benzene rings is 3. The van der Waals surface area contributed by atoms with Crippen molar-refractivity contribution in [2.24, 2.45) is 0 Å². The van der Waals surface area contributed by atoms with Crippen molar-refractivity contribution >= 4 is 0 Å². The summed E-state index contributed by atoms with van der Waals surface area (Å²) < 4.78 is 5.55. The Hall–Kier alpha value is -2.46. The maximum absolute atomic E-state index is 5.55. The number of hydrogen-bond donors (Lipinski definition) is 0. The van der Waals surface area contributed by atoms with E-state index in [4.69, 9.17) is 4.74 Å². The van der Waals surface area contributed by atoms with Crippen LogP contribution in [0.2, 0.25) is 0 Å². The Bertz CT molecular complexity index is 984. The largest absolute Gasteiger partial charge is 0.379 e. The number of nitrogens with zero attached hydrogens (tertiary/aromatic N) is 2. The van der Waals surface area contributed by atoms with Gasteiger partial charge in [0.25, 0.3) is 0 Å². The monoisotopic (exact) mass is 426 g/mol. The maximum atomic E-state index is 5.55. The molecule has 0 N–H and O–H groups in total. The molecule has 2 aliphatic heterocycles. The molecule has 3 aromatic rings. The quantitative estimate of drug-likeness (QED) is 0.523. The van der Waals surface area contributed by atoms with Crippen molar-refractivity contribution in [3.63, 3.8) is 0 Å². The van der Waals surface area contributed by atoms with E-state index in [9.17, 15) is 0 Å². The van der Waals surface area contributed by atoms with Gasteiger partial charge in [0, 0.05) is 38.1 Å². The first-order valence-corrected chi connectivity index (χ1v) is 12.0. The van der Waals surface area contributed by atoms with Crippen LogP contribution in [0.5, 0.6) is 0 Å². The molecule has 1 atom stereocenters. The van der Waals surface area contributed by atoms with Crippen molar-refractivity contribution in [2.45, 2.75) is 31.3 Å². The third-order valence-electron chi connectivity index (χ3n) is 7.18. The molecule has 5 rings (SSSR count). The molecular weight excluding hydrogens is 392 g/mol. The molecule has 1 saturated heterocycles. The Labute approximate surface area is 192 Å². The average molecular weight is 427 g/mol. The highest BCUT2D eigenvalue weighted by Gasteiger charge is 2.40. The Morgan fingerprint density at radius 1 is 0.750 bits per heavy atom. The van der Waals surface area contributed by atoms with E-state index in [0.29, 0.717) is 0 Å². The van der Waals surface area contributed by atoms with E-state index in [2.05, 4.69) is 94.7 Å². The van der Waals surface area contributed by atoms with Crippen LogP contribution < -0.4 is 0 Å². The number of ether oxygens (including phenoxy) is 1. The van der Waals surface area contributed by atoms with Crippen molar-refractivity contribution in [1.82, 2.24) is 9.80 Å². The number of morpholine rings is 1. The van der Waals surface area contributed by atoms with E-state index >= 15 is 0 Å². The molecule has 3 aromatic carbocycles. The molecule has 0 saturated carbocycles. The zero-order valence-corrected chi connectivity index (χ0v) is 19.0. The van der Waals surface area contributed by atoms with Crippen LogP contribution in [0, 0.1) is 0 Å². The van der Waals surface area contributed by atoms with Crippen LogP contribution in [0.3, 0.4) is 0 Å². The van der Waals surface area contributed by atoms with Gasteiger partial charge in [-0.15, -0.1) is 0 Å². The zero-order chi connectivity index (χ0) is 21.6. The maximum Gasteiger partial charge on any atom is 0.0594 e. The molecule has 2 heterocycles. The smallest absolute Gasteiger partial charge is 0.0594 e. The van der Waals surface area contributed by atoms with Crippen LogP contribution >= 0.6 is 0 Å². The summed E-state index contributed by atoms with van der Waals surface area (Å²) in [5.74, 6) is 0. The summed E-state index contributed by atoms with van der Waals surface area (Å²) in [5, 5.41) is 0. The van der Waals surface area contributed by atoms with E-state index in [1.54, 1.807) is 0 Å². The molecule has 0 spiro atoms. The van der Waals surface area contributed by atoms with Gasteiger partial charge in [-0.3, -0.25) is 9.80 Å². The lowest BCUT2D eigenvalue weighted by atomic mass is 9.67. The molecular formula is C29H34N2O. The lowest BCUT2D eigenvalue weighted by Crippen LogP contribution is -2.46. The standard InChI is InChI=1S/C29H34N2O/c1-3-10-25(11-4-1)22-31-23-26-12-7-8-15-28(26)29(24-31,27-13-5-2-6-14-27)16-9-17-30-18-20-32-21-19-30/h1-8,10-15H,9,16-24H2.